The minimum atomic E-state index is -1.03. The number of carboxylic acid groups (broad SMARTS) is 1. The zero-order valence-electron chi connectivity index (χ0n) is 10.4. The first kappa shape index (κ1) is 14.0. The zero-order valence-corrected chi connectivity index (χ0v) is 11.2. The molecule has 0 saturated heterocycles. The number of nitrogens with zero attached hydrogens (tertiary/aromatic N) is 1. The van der Waals surface area contributed by atoms with Crippen LogP contribution in [-0.2, 0) is 17.9 Å². The van der Waals surface area contributed by atoms with Gasteiger partial charge in [0.05, 0.1) is 12.7 Å². The van der Waals surface area contributed by atoms with Crippen molar-refractivity contribution < 1.29 is 19.4 Å². The quantitative estimate of drug-likeness (QED) is 0.882. The lowest BCUT2D eigenvalue weighted by atomic mass is 10.2. The van der Waals surface area contributed by atoms with Gasteiger partial charge < -0.3 is 15.2 Å². The Labute approximate surface area is 119 Å². The molecule has 0 fully saturated rings. The maximum Gasteiger partial charge on any atom is 0.407 e. The number of aromatic carboxylic acids is 1. The Morgan fingerprint density at radius 2 is 2.05 bits per heavy atom. The highest BCUT2D eigenvalue weighted by atomic mass is 32.1. The summed E-state index contributed by atoms with van der Waals surface area (Å²) in [7, 11) is 0. The minimum absolute atomic E-state index is 0.138. The van der Waals surface area contributed by atoms with E-state index >= 15 is 0 Å². The normalized spacial score (nSPS) is 10.0. The number of rotatable bonds is 5. The molecule has 0 aliphatic heterocycles. The smallest absolute Gasteiger partial charge is 0.407 e. The van der Waals surface area contributed by atoms with Crippen LogP contribution < -0.4 is 5.32 Å². The van der Waals surface area contributed by atoms with Crippen LogP contribution in [0.15, 0.2) is 36.5 Å². The maximum absolute atomic E-state index is 11.5. The molecule has 0 radical (unpaired) electrons. The lowest BCUT2D eigenvalue weighted by molar-refractivity contribution is 0.0702. The monoisotopic (exact) mass is 292 g/mol. The summed E-state index contributed by atoms with van der Waals surface area (Å²) in [4.78, 5) is 26.2. The molecule has 1 heterocycles. The number of hydrogen-bond acceptors (Lipinski definition) is 5. The van der Waals surface area contributed by atoms with E-state index in [4.69, 9.17) is 9.84 Å². The first-order chi connectivity index (χ1) is 9.65. The summed E-state index contributed by atoms with van der Waals surface area (Å²) in [5, 5.41) is 11.8. The predicted octanol–water partition coefficient (Wildman–Crippen LogP) is 2.27. The Morgan fingerprint density at radius 1 is 1.30 bits per heavy atom. The van der Waals surface area contributed by atoms with Gasteiger partial charge in [0.1, 0.15) is 16.5 Å². The molecule has 0 bridgehead atoms. The van der Waals surface area contributed by atoms with Crippen LogP contribution in [0, 0.1) is 0 Å². The van der Waals surface area contributed by atoms with Crippen LogP contribution in [-0.4, -0.2) is 22.2 Å². The molecule has 0 atom stereocenters. The number of aromatic nitrogens is 1. The fourth-order valence-electron chi connectivity index (χ4n) is 1.41. The molecule has 20 heavy (non-hydrogen) atoms. The molecule has 1 aromatic carbocycles. The molecule has 0 aliphatic carbocycles. The first-order valence-corrected chi connectivity index (χ1v) is 6.59. The molecule has 0 unspecified atom stereocenters. The van der Waals surface area contributed by atoms with Crippen molar-refractivity contribution in [2.24, 2.45) is 0 Å². The highest BCUT2D eigenvalue weighted by Crippen LogP contribution is 2.12. The third-order valence-corrected chi connectivity index (χ3v) is 3.35. The highest BCUT2D eigenvalue weighted by molar-refractivity contribution is 7.13. The van der Waals surface area contributed by atoms with Crippen molar-refractivity contribution in [1.82, 2.24) is 10.3 Å². The number of alkyl carbamates (subject to hydrolysis) is 1. The van der Waals surface area contributed by atoms with Crippen LogP contribution in [0.25, 0.3) is 0 Å². The van der Waals surface area contributed by atoms with E-state index in [1.54, 1.807) is 0 Å². The fraction of sp³-hybridized carbons (Fsp3) is 0.154. The van der Waals surface area contributed by atoms with Gasteiger partial charge >= 0.3 is 12.1 Å². The van der Waals surface area contributed by atoms with Crippen molar-refractivity contribution in [1.29, 1.82) is 0 Å². The summed E-state index contributed by atoms with van der Waals surface area (Å²) < 4.78 is 5.01. The molecule has 1 aromatic heterocycles. The van der Waals surface area contributed by atoms with Crippen LogP contribution in [0.2, 0.25) is 0 Å². The van der Waals surface area contributed by atoms with Crippen LogP contribution in [0.3, 0.4) is 0 Å². The maximum atomic E-state index is 11.5. The van der Waals surface area contributed by atoms with Gasteiger partial charge in [0.25, 0.3) is 0 Å². The summed E-state index contributed by atoms with van der Waals surface area (Å²) >= 11 is 1.02. The summed E-state index contributed by atoms with van der Waals surface area (Å²) in [6.45, 7) is 0.330. The van der Waals surface area contributed by atoms with Gasteiger partial charge in [-0.1, -0.05) is 30.3 Å². The second-order valence-electron chi connectivity index (χ2n) is 3.84. The SMILES string of the molecule is O=C(NCc1ncc(C(=O)O)s1)OCc1ccccc1. The average Bonchev–Trinajstić information content (AvgIpc) is 2.93. The minimum Gasteiger partial charge on any atom is -0.477 e. The van der Waals surface area contributed by atoms with Crippen molar-refractivity contribution in [3.63, 3.8) is 0 Å². The van der Waals surface area contributed by atoms with Gasteiger partial charge in [0.15, 0.2) is 0 Å². The molecule has 0 aliphatic rings. The number of carbonyl (C=O) groups excluding carboxylic acids is 1. The van der Waals surface area contributed by atoms with Crippen LogP contribution in [0.4, 0.5) is 4.79 Å². The number of nitrogens with one attached hydrogen (secondary N) is 1. The molecule has 2 rings (SSSR count). The van der Waals surface area contributed by atoms with Crippen molar-refractivity contribution >= 4 is 23.4 Å². The predicted molar refractivity (Wildman–Crippen MR) is 72.5 cm³/mol. The fourth-order valence-corrected chi connectivity index (χ4v) is 2.11. The Bertz CT molecular complexity index is 597. The van der Waals surface area contributed by atoms with Crippen molar-refractivity contribution in [2.45, 2.75) is 13.2 Å². The molecule has 2 N–H and O–H groups in total. The van der Waals surface area contributed by atoms with Gasteiger partial charge in [-0.2, -0.15) is 0 Å². The molecular formula is C13H12N2O4S. The number of carbonyl (C=O) groups is 2. The van der Waals surface area contributed by atoms with Gasteiger partial charge in [-0.05, 0) is 5.56 Å². The second kappa shape index (κ2) is 6.67. The highest BCUT2D eigenvalue weighted by Gasteiger charge is 2.09. The topological polar surface area (TPSA) is 88.5 Å². The Kier molecular flexibility index (Phi) is 4.67. The third kappa shape index (κ3) is 4.06. The van der Waals surface area contributed by atoms with E-state index in [1.807, 2.05) is 30.3 Å². The van der Waals surface area contributed by atoms with E-state index in [9.17, 15) is 9.59 Å². The number of benzene rings is 1. The Balaban J connectivity index is 1.76. The molecule has 0 spiro atoms. The van der Waals surface area contributed by atoms with E-state index in [2.05, 4.69) is 10.3 Å². The molecule has 6 nitrogen and oxygen atoms in total. The Hall–Kier alpha value is -2.41. The number of hydrogen-bond donors (Lipinski definition) is 2. The van der Waals surface area contributed by atoms with Gasteiger partial charge in [-0.3, -0.25) is 0 Å². The molecule has 2 aromatic rings. The molecule has 104 valence electrons. The molecular weight excluding hydrogens is 280 g/mol. The largest absolute Gasteiger partial charge is 0.477 e. The number of ether oxygens (including phenoxy) is 1. The van der Waals surface area contributed by atoms with Gasteiger partial charge in [-0.25, -0.2) is 14.6 Å². The van der Waals surface area contributed by atoms with Crippen LogP contribution >= 0.6 is 11.3 Å². The van der Waals surface area contributed by atoms with E-state index in [-0.39, 0.29) is 18.0 Å². The van der Waals surface area contributed by atoms with E-state index in [0.29, 0.717) is 5.01 Å². The lowest BCUT2D eigenvalue weighted by Gasteiger charge is -2.05. The van der Waals surface area contributed by atoms with Crippen LogP contribution in [0.5, 0.6) is 0 Å². The second-order valence-corrected chi connectivity index (χ2v) is 4.95. The van der Waals surface area contributed by atoms with Gasteiger partial charge in [0, 0.05) is 0 Å². The van der Waals surface area contributed by atoms with Crippen molar-refractivity contribution in [3.8, 4) is 0 Å². The molecule has 0 saturated carbocycles. The molecule has 1 amide bonds. The average molecular weight is 292 g/mol. The standard InChI is InChI=1S/C13H12N2O4S/c16-12(17)10-6-14-11(20-10)7-15-13(18)19-8-9-4-2-1-3-5-9/h1-6H,7-8H2,(H,15,18)(H,16,17). The van der Waals surface area contributed by atoms with Gasteiger partial charge in [0.2, 0.25) is 0 Å². The summed E-state index contributed by atoms with van der Waals surface area (Å²) in [5.74, 6) is -1.03. The zero-order chi connectivity index (χ0) is 14.4. The summed E-state index contributed by atoms with van der Waals surface area (Å²) in [6.07, 6.45) is 0.695. The number of carboxylic acids is 1. The van der Waals surface area contributed by atoms with Crippen LogP contribution in [0.1, 0.15) is 20.2 Å². The van der Waals surface area contributed by atoms with E-state index < -0.39 is 12.1 Å². The van der Waals surface area contributed by atoms with Gasteiger partial charge in [-0.15, -0.1) is 11.3 Å². The van der Waals surface area contributed by atoms with Crippen molar-refractivity contribution in [3.05, 3.63) is 52.0 Å². The first-order valence-electron chi connectivity index (χ1n) is 5.77. The Morgan fingerprint density at radius 3 is 2.70 bits per heavy atom. The summed E-state index contributed by atoms with van der Waals surface area (Å²) in [5.41, 5.74) is 0.894. The number of thiazole rings is 1. The third-order valence-electron chi connectivity index (χ3n) is 2.36. The van der Waals surface area contributed by atoms with E-state index in [1.165, 1.54) is 6.20 Å². The summed E-state index contributed by atoms with van der Waals surface area (Å²) in [6, 6.07) is 9.31. The molecule has 7 heteroatoms. The number of amides is 1. The van der Waals surface area contributed by atoms with Crippen molar-refractivity contribution in [2.75, 3.05) is 0 Å². The van der Waals surface area contributed by atoms with E-state index in [0.717, 1.165) is 16.9 Å². The lowest BCUT2D eigenvalue weighted by Crippen LogP contribution is -2.23.